The van der Waals surface area contributed by atoms with Gasteiger partial charge in [0.25, 0.3) is 0 Å². The molecule has 8 heteroatoms. The van der Waals surface area contributed by atoms with Crippen LogP contribution >= 0.6 is 86.4 Å². The van der Waals surface area contributed by atoms with Crippen molar-refractivity contribution < 1.29 is 0 Å². The molecule has 0 fully saturated rings. The van der Waals surface area contributed by atoms with Gasteiger partial charge >= 0.3 is 242 Å². The Morgan fingerprint density at radius 2 is 1.00 bits per heavy atom. The Bertz CT molecular complexity index is 1570. The van der Waals surface area contributed by atoms with Gasteiger partial charge in [-0.25, -0.2) is 0 Å². The van der Waals surface area contributed by atoms with Crippen LogP contribution in [0.1, 0.15) is 11.1 Å². The molecule has 0 bridgehead atoms. The van der Waals surface area contributed by atoms with E-state index in [1.54, 1.807) is 8.52 Å². The number of hydrogen-bond acceptors (Lipinski definition) is 2. The Morgan fingerprint density at radius 3 is 1.38 bits per heavy atom. The summed E-state index contributed by atoms with van der Waals surface area (Å²) in [5.41, 5.74) is 5.20. The van der Waals surface area contributed by atoms with Gasteiger partial charge in [0.15, 0.2) is 0 Å². The van der Waals surface area contributed by atoms with Crippen molar-refractivity contribution in [2.45, 2.75) is 13.8 Å². The molecule has 0 unspecified atom stereocenters. The van der Waals surface area contributed by atoms with Gasteiger partial charge in [0.1, 0.15) is 0 Å². The van der Waals surface area contributed by atoms with Gasteiger partial charge in [0, 0.05) is 0 Å². The van der Waals surface area contributed by atoms with Crippen LogP contribution in [-0.4, -0.2) is 29.0 Å². The van der Waals surface area contributed by atoms with Crippen LogP contribution in [0.2, 0.25) is 0 Å². The zero-order valence-electron chi connectivity index (χ0n) is 16.6. The molecule has 0 saturated heterocycles. The van der Waals surface area contributed by atoms with Gasteiger partial charge in [-0.2, -0.15) is 0 Å². The van der Waals surface area contributed by atoms with E-state index in [-0.39, 0.29) is 0 Å². The number of fused-ring (bicyclic) bond motifs is 5. The van der Waals surface area contributed by atoms with Crippen LogP contribution in [0.5, 0.6) is 0 Å². The Hall–Kier alpha value is 0.539. The summed E-state index contributed by atoms with van der Waals surface area (Å²) >= 11 is 20.1. The Morgan fingerprint density at radius 1 is 0.594 bits per heavy atom. The Balaban J connectivity index is 1.57. The molecular weight excluding hydrogens is 830 g/mol. The average Bonchev–Trinajstić information content (AvgIpc) is 3.43. The van der Waals surface area contributed by atoms with E-state index < -0.39 is 0 Å². The first-order valence-electron chi connectivity index (χ1n) is 9.61. The van der Waals surface area contributed by atoms with Gasteiger partial charge in [-0.05, 0) is 0 Å². The predicted molar refractivity (Wildman–Crippen MR) is 160 cm³/mol. The normalized spacial score (nSPS) is 12.1. The number of hydrogen-bond donors (Lipinski definition) is 0. The van der Waals surface area contributed by atoms with Crippen molar-refractivity contribution >= 4 is 143 Å². The summed E-state index contributed by atoms with van der Waals surface area (Å²) in [6.07, 6.45) is 0. The second-order valence-corrected chi connectivity index (χ2v) is 17.3. The third kappa shape index (κ3) is 3.56. The molecule has 0 saturated carbocycles. The molecule has 0 nitrogen and oxygen atoms in total. The van der Waals surface area contributed by atoms with Crippen molar-refractivity contribution in [3.8, 4) is 20.0 Å². The number of benzene rings is 2. The molecule has 2 aromatic carbocycles. The van der Waals surface area contributed by atoms with Crippen molar-refractivity contribution in [1.82, 2.24) is 0 Å². The van der Waals surface area contributed by atoms with Crippen LogP contribution < -0.4 is 0 Å². The van der Waals surface area contributed by atoms with E-state index in [0.29, 0.717) is 29.0 Å². The van der Waals surface area contributed by atoms with Crippen molar-refractivity contribution in [1.29, 1.82) is 0 Å². The Kier molecular flexibility index (Phi) is 6.16. The summed E-state index contributed by atoms with van der Waals surface area (Å²) in [4.78, 5) is 0. The first kappa shape index (κ1) is 23.0. The van der Waals surface area contributed by atoms with E-state index in [4.69, 9.17) is 0 Å². The van der Waals surface area contributed by atoms with Crippen LogP contribution in [0.3, 0.4) is 0 Å². The van der Waals surface area contributed by atoms with Crippen LogP contribution in [-0.2, 0) is 0 Å². The Labute approximate surface area is 239 Å². The molecule has 0 radical (unpaired) electrons. The second kappa shape index (κ2) is 8.58. The topological polar surface area (TPSA) is 0 Å². The van der Waals surface area contributed by atoms with Gasteiger partial charge in [-0.3, -0.25) is 0 Å². The molecule has 0 N–H and O–H groups in total. The number of halogens is 4. The second-order valence-electron chi connectivity index (χ2n) is 7.64. The van der Waals surface area contributed by atoms with E-state index in [1.165, 1.54) is 67.8 Å². The van der Waals surface area contributed by atoms with Crippen molar-refractivity contribution in [2.75, 3.05) is 0 Å². The van der Waals surface area contributed by atoms with Crippen LogP contribution in [0, 0.1) is 13.8 Å². The number of rotatable bonds is 2. The third-order valence-electron chi connectivity index (χ3n) is 5.38. The van der Waals surface area contributed by atoms with Gasteiger partial charge in [-0.15, -0.1) is 0 Å². The fraction of sp³-hybridized carbons (Fsp3) is 0.0833. The van der Waals surface area contributed by atoms with Gasteiger partial charge in [-0.1, -0.05) is 0 Å². The van der Waals surface area contributed by atoms with Gasteiger partial charge in [0.2, 0.25) is 0 Å². The quantitative estimate of drug-likeness (QED) is 0.152. The molecule has 0 aliphatic heterocycles. The zero-order valence-corrected chi connectivity index (χ0v) is 28.0. The van der Waals surface area contributed by atoms with E-state index in [0.717, 1.165) is 0 Å². The predicted octanol–water partition coefficient (Wildman–Crippen LogP) is 10.4. The molecule has 0 atom stereocenters. The molecule has 6 rings (SSSR count). The standard InChI is InChI=1S/C24H12Br4S2Se2/c1-9-3-5-11(13(25)7-9)21-15(27)17-23(31-21)19-20(29-17)24-18(30-19)16(28)22(32-24)12-6-4-10(2)8-14(12)26/h3-8H,1-2H3. The molecule has 4 aromatic heterocycles. The summed E-state index contributed by atoms with van der Waals surface area (Å²) in [5.74, 6) is 0. The van der Waals surface area contributed by atoms with Gasteiger partial charge < -0.3 is 0 Å². The molecule has 6 aromatic rings. The first-order valence-corrected chi connectivity index (χ1v) is 17.8. The summed E-state index contributed by atoms with van der Waals surface area (Å²) in [6.45, 7) is 4.28. The SMILES string of the molecule is Cc1ccc(-c2[se]c3c(sc4c3sc3c(Br)c(-c5ccc(C)cc5Br)[se]c34)c2Br)c(Br)c1. The van der Waals surface area contributed by atoms with Gasteiger partial charge in [0.05, 0.1) is 0 Å². The maximum atomic E-state index is 3.98. The number of aryl methyl sites for hydroxylation is 2. The molecule has 160 valence electrons. The maximum absolute atomic E-state index is 3.98. The fourth-order valence-corrected chi connectivity index (χ4v) is 17.9. The van der Waals surface area contributed by atoms with Crippen LogP contribution in [0.25, 0.3) is 47.3 Å². The van der Waals surface area contributed by atoms with Crippen molar-refractivity contribution in [2.24, 2.45) is 0 Å². The fourth-order valence-electron chi connectivity index (χ4n) is 3.82. The minimum atomic E-state index is 0.300. The molecule has 4 heterocycles. The summed E-state index contributed by atoms with van der Waals surface area (Å²) < 4.78 is 16.9. The molecule has 0 amide bonds. The first-order chi connectivity index (χ1) is 15.3. The minimum absolute atomic E-state index is 0.300. The van der Waals surface area contributed by atoms with E-state index in [1.807, 2.05) is 22.7 Å². The van der Waals surface area contributed by atoms with E-state index in [9.17, 15) is 0 Å². The summed E-state index contributed by atoms with van der Waals surface area (Å²) in [7, 11) is 0. The van der Waals surface area contributed by atoms with E-state index >= 15 is 0 Å². The summed E-state index contributed by atoms with van der Waals surface area (Å²) in [5, 5.41) is 0. The molecule has 32 heavy (non-hydrogen) atoms. The van der Waals surface area contributed by atoms with Crippen LogP contribution in [0.4, 0.5) is 0 Å². The third-order valence-corrected chi connectivity index (χ3v) is 18.9. The molecule has 0 spiro atoms. The molecule has 0 aliphatic carbocycles. The van der Waals surface area contributed by atoms with E-state index in [2.05, 4.69) is 114 Å². The molecule has 0 aliphatic rings. The summed E-state index contributed by atoms with van der Waals surface area (Å²) in [6, 6.07) is 13.4. The average molecular weight is 842 g/mol. The molecular formula is C24H12Br4S2Se2. The van der Waals surface area contributed by atoms with Crippen molar-refractivity contribution in [3.63, 3.8) is 0 Å². The van der Waals surface area contributed by atoms with Crippen LogP contribution in [0.15, 0.2) is 54.3 Å². The zero-order chi connectivity index (χ0) is 22.3. The monoisotopic (exact) mass is 840 g/mol. The van der Waals surface area contributed by atoms with Crippen molar-refractivity contribution in [3.05, 3.63) is 65.4 Å². The number of thiophene rings is 2.